The van der Waals surface area contributed by atoms with Crippen molar-refractivity contribution in [1.82, 2.24) is 15.1 Å². The number of hydrogen-bond donors (Lipinski definition) is 2. The van der Waals surface area contributed by atoms with Crippen LogP contribution >= 0.6 is 0 Å². The topological polar surface area (TPSA) is 67.2 Å². The van der Waals surface area contributed by atoms with Crippen molar-refractivity contribution in [2.45, 2.75) is 25.8 Å². The van der Waals surface area contributed by atoms with Gasteiger partial charge in [0, 0.05) is 19.8 Å². The third kappa shape index (κ3) is 4.43. The monoisotopic (exact) mass is 287 g/mol. The number of nitrogens with zero attached hydrogens (tertiary/aromatic N) is 2. The average molecular weight is 287 g/mol. The van der Waals surface area contributed by atoms with Gasteiger partial charge < -0.3 is 10.4 Å². The van der Waals surface area contributed by atoms with Crippen LogP contribution in [-0.2, 0) is 24.8 Å². The van der Waals surface area contributed by atoms with Gasteiger partial charge in [0.1, 0.15) is 0 Å². The van der Waals surface area contributed by atoms with Crippen LogP contribution in [-0.4, -0.2) is 27.4 Å². The van der Waals surface area contributed by atoms with Crippen molar-refractivity contribution in [1.29, 1.82) is 0 Å². The number of carboxylic acid groups (broad SMARTS) is 1. The van der Waals surface area contributed by atoms with E-state index in [-0.39, 0.29) is 0 Å². The van der Waals surface area contributed by atoms with E-state index in [1.54, 1.807) is 11.6 Å². The smallest absolute Gasteiger partial charge is 0.310 e. The molecule has 112 valence electrons. The molecule has 2 rings (SSSR count). The van der Waals surface area contributed by atoms with Crippen LogP contribution in [0.5, 0.6) is 0 Å². The zero-order chi connectivity index (χ0) is 15.2. The summed E-state index contributed by atoms with van der Waals surface area (Å²) in [7, 11) is 1.91. The van der Waals surface area contributed by atoms with Gasteiger partial charge in [0.05, 0.1) is 12.1 Å². The van der Waals surface area contributed by atoms with Crippen molar-refractivity contribution < 1.29 is 9.90 Å². The van der Waals surface area contributed by atoms with Crippen molar-refractivity contribution in [3.63, 3.8) is 0 Å². The van der Waals surface area contributed by atoms with E-state index < -0.39 is 11.9 Å². The molecule has 2 aromatic rings. The molecule has 1 heterocycles. The Hall–Kier alpha value is -2.14. The van der Waals surface area contributed by atoms with Crippen LogP contribution in [0, 0.1) is 0 Å². The van der Waals surface area contributed by atoms with Gasteiger partial charge >= 0.3 is 5.97 Å². The quantitative estimate of drug-likeness (QED) is 0.764. The summed E-state index contributed by atoms with van der Waals surface area (Å²) >= 11 is 0. The van der Waals surface area contributed by atoms with E-state index in [1.165, 1.54) is 5.56 Å². The summed E-state index contributed by atoms with van der Waals surface area (Å²) in [5, 5.41) is 16.5. The fourth-order valence-corrected chi connectivity index (χ4v) is 2.13. The Morgan fingerprint density at radius 2 is 2.05 bits per heavy atom. The van der Waals surface area contributed by atoms with Gasteiger partial charge in [-0.05, 0) is 36.6 Å². The van der Waals surface area contributed by atoms with E-state index in [0.717, 1.165) is 30.6 Å². The molecule has 1 atom stereocenters. The minimum atomic E-state index is -0.794. The van der Waals surface area contributed by atoms with E-state index in [2.05, 4.69) is 10.4 Å². The first-order chi connectivity index (χ1) is 10.1. The number of carboxylic acids is 1. The molecular weight excluding hydrogens is 266 g/mol. The summed E-state index contributed by atoms with van der Waals surface area (Å²) in [6.45, 7) is 3.37. The lowest BCUT2D eigenvalue weighted by Crippen LogP contribution is -2.16. The highest BCUT2D eigenvalue weighted by Gasteiger charge is 2.12. The Kier molecular flexibility index (Phi) is 5.11. The van der Waals surface area contributed by atoms with E-state index in [0.29, 0.717) is 0 Å². The largest absolute Gasteiger partial charge is 0.481 e. The molecule has 0 aliphatic rings. The number of aliphatic carboxylic acids is 1. The summed E-state index contributed by atoms with van der Waals surface area (Å²) in [6, 6.07) is 7.73. The molecule has 0 saturated carbocycles. The molecule has 0 saturated heterocycles. The molecule has 0 spiro atoms. The van der Waals surface area contributed by atoms with E-state index in [4.69, 9.17) is 5.11 Å². The lowest BCUT2D eigenvalue weighted by Gasteiger charge is -2.08. The van der Waals surface area contributed by atoms with Crippen LogP contribution in [0.3, 0.4) is 0 Å². The second-order valence-electron chi connectivity index (χ2n) is 5.25. The first-order valence-electron chi connectivity index (χ1n) is 7.06. The molecule has 0 fully saturated rings. The Balaban J connectivity index is 1.77. The van der Waals surface area contributed by atoms with Crippen LogP contribution in [0.2, 0.25) is 0 Å². The van der Waals surface area contributed by atoms with Gasteiger partial charge in [0.25, 0.3) is 0 Å². The Morgan fingerprint density at radius 1 is 1.33 bits per heavy atom. The molecule has 1 unspecified atom stereocenters. The highest BCUT2D eigenvalue weighted by molar-refractivity contribution is 5.75. The highest BCUT2D eigenvalue weighted by atomic mass is 16.4. The fraction of sp³-hybridized carbons (Fsp3) is 0.375. The van der Waals surface area contributed by atoms with Crippen molar-refractivity contribution >= 4 is 5.97 Å². The van der Waals surface area contributed by atoms with Crippen molar-refractivity contribution in [2.24, 2.45) is 7.05 Å². The van der Waals surface area contributed by atoms with Gasteiger partial charge in [-0.3, -0.25) is 9.48 Å². The number of nitrogens with one attached hydrogen (secondary N) is 1. The van der Waals surface area contributed by atoms with Crippen LogP contribution in [0.1, 0.15) is 29.5 Å². The molecule has 0 amide bonds. The van der Waals surface area contributed by atoms with Crippen LogP contribution in [0.4, 0.5) is 0 Å². The second kappa shape index (κ2) is 7.04. The molecule has 5 nitrogen and oxygen atoms in total. The Bertz CT molecular complexity index is 590. The number of benzene rings is 1. The number of carbonyl (C=O) groups is 1. The molecule has 0 bridgehead atoms. The molecule has 0 aliphatic carbocycles. The lowest BCUT2D eigenvalue weighted by molar-refractivity contribution is -0.138. The molecule has 1 aromatic heterocycles. The second-order valence-corrected chi connectivity index (χ2v) is 5.25. The van der Waals surface area contributed by atoms with Crippen LogP contribution in [0.15, 0.2) is 36.7 Å². The molecule has 0 radical (unpaired) electrons. The summed E-state index contributed by atoms with van der Waals surface area (Å²) < 4.78 is 1.80. The van der Waals surface area contributed by atoms with E-state index in [1.807, 2.05) is 43.7 Å². The molecule has 0 aliphatic heterocycles. The van der Waals surface area contributed by atoms with Crippen molar-refractivity contribution in [3.05, 3.63) is 53.3 Å². The van der Waals surface area contributed by atoms with Gasteiger partial charge in [0.2, 0.25) is 0 Å². The summed E-state index contributed by atoms with van der Waals surface area (Å²) in [4.78, 5) is 10.9. The average Bonchev–Trinajstić information content (AvgIpc) is 2.89. The predicted octanol–water partition coefficient (Wildman–Crippen LogP) is 1.94. The molecule has 2 N–H and O–H groups in total. The number of aryl methyl sites for hydroxylation is 1. The lowest BCUT2D eigenvalue weighted by atomic mass is 10.00. The van der Waals surface area contributed by atoms with Crippen LogP contribution in [0.25, 0.3) is 0 Å². The Morgan fingerprint density at radius 3 is 2.62 bits per heavy atom. The third-order valence-electron chi connectivity index (χ3n) is 3.53. The summed E-state index contributed by atoms with van der Waals surface area (Å²) in [6.07, 6.45) is 4.84. The zero-order valence-electron chi connectivity index (χ0n) is 12.4. The highest BCUT2D eigenvalue weighted by Crippen LogP contribution is 2.15. The van der Waals surface area contributed by atoms with Crippen molar-refractivity contribution in [2.75, 3.05) is 6.54 Å². The first-order valence-corrected chi connectivity index (χ1v) is 7.06. The molecule has 1 aromatic carbocycles. The van der Waals surface area contributed by atoms with Gasteiger partial charge in [-0.25, -0.2) is 0 Å². The van der Waals surface area contributed by atoms with Gasteiger partial charge in [-0.1, -0.05) is 24.3 Å². The van der Waals surface area contributed by atoms with Gasteiger partial charge in [-0.15, -0.1) is 0 Å². The maximum Gasteiger partial charge on any atom is 0.310 e. The predicted molar refractivity (Wildman–Crippen MR) is 81.1 cm³/mol. The fourth-order valence-electron chi connectivity index (χ4n) is 2.13. The summed E-state index contributed by atoms with van der Waals surface area (Å²) in [5.41, 5.74) is 3.21. The van der Waals surface area contributed by atoms with E-state index >= 15 is 0 Å². The standard InChI is InChI=1S/C16H21N3O2/c1-12(16(20)21)15-5-3-13(4-6-15)9-17-8-7-14-10-18-19(2)11-14/h3-6,10-12,17H,7-9H2,1-2H3,(H,20,21). The first kappa shape index (κ1) is 15.3. The maximum atomic E-state index is 10.9. The minimum Gasteiger partial charge on any atom is -0.481 e. The number of hydrogen-bond acceptors (Lipinski definition) is 3. The SMILES string of the molecule is CC(C(=O)O)c1ccc(CNCCc2cnn(C)c2)cc1. The normalized spacial score (nSPS) is 12.3. The maximum absolute atomic E-state index is 10.9. The van der Waals surface area contributed by atoms with Crippen molar-refractivity contribution in [3.8, 4) is 0 Å². The molecule has 5 heteroatoms. The third-order valence-corrected chi connectivity index (χ3v) is 3.53. The van der Waals surface area contributed by atoms with Gasteiger partial charge in [-0.2, -0.15) is 5.10 Å². The Labute approximate surface area is 124 Å². The van der Waals surface area contributed by atoms with Crippen LogP contribution < -0.4 is 5.32 Å². The number of aromatic nitrogens is 2. The summed E-state index contributed by atoms with van der Waals surface area (Å²) in [5.74, 6) is -1.25. The van der Waals surface area contributed by atoms with E-state index in [9.17, 15) is 4.79 Å². The molecular formula is C16H21N3O2. The van der Waals surface area contributed by atoms with Gasteiger partial charge in [0.15, 0.2) is 0 Å². The number of rotatable bonds is 7. The minimum absolute atomic E-state index is 0.461. The zero-order valence-corrected chi connectivity index (χ0v) is 12.4. The molecule has 21 heavy (non-hydrogen) atoms.